The second kappa shape index (κ2) is 10.9. The van der Waals surface area contributed by atoms with Gasteiger partial charge < -0.3 is 0 Å². The van der Waals surface area contributed by atoms with Crippen molar-refractivity contribution < 1.29 is 26.8 Å². The molecule has 0 unspecified atom stereocenters. The summed E-state index contributed by atoms with van der Waals surface area (Å²) in [5.74, 6) is -1.76. The van der Waals surface area contributed by atoms with Gasteiger partial charge in [-0.3, -0.25) is 14.9 Å². The number of imide groups is 1. The summed E-state index contributed by atoms with van der Waals surface area (Å²) < 4.78 is 51.6. The second-order valence-electron chi connectivity index (χ2n) is 5.96. The van der Waals surface area contributed by atoms with E-state index in [1.807, 2.05) is 6.92 Å². The van der Waals surface area contributed by atoms with Crippen LogP contribution in [0.3, 0.4) is 0 Å². The molecule has 150 valence electrons. The molecule has 9 heteroatoms. The molecule has 27 heavy (non-hydrogen) atoms. The molecule has 0 heterocycles. The van der Waals surface area contributed by atoms with Crippen molar-refractivity contribution in [1.29, 1.82) is 0 Å². The second-order valence-corrected chi connectivity index (χ2v) is 7.93. The van der Waals surface area contributed by atoms with Crippen LogP contribution in [0.5, 0.6) is 0 Å². The quantitative estimate of drug-likeness (QED) is 0.577. The molecule has 0 saturated carbocycles. The topological polar surface area (TPSA) is 83.6 Å². The number of unbranched alkanes of at least 4 members (excludes halogenated alkanes) is 1. The first kappa shape index (κ1) is 22.9. The molecule has 1 rings (SSSR count). The number of hydrogen-bond donors (Lipinski definition) is 1. The Bertz CT molecular complexity index is 766. The fourth-order valence-electron chi connectivity index (χ4n) is 2.30. The lowest BCUT2D eigenvalue weighted by molar-refractivity contribution is -0.130. The van der Waals surface area contributed by atoms with E-state index in [4.69, 9.17) is 0 Å². The van der Waals surface area contributed by atoms with E-state index in [0.717, 1.165) is 16.8 Å². The van der Waals surface area contributed by atoms with Gasteiger partial charge in [-0.15, -0.1) is 6.58 Å². The summed E-state index contributed by atoms with van der Waals surface area (Å²) in [6.07, 6.45) is 0.178. The van der Waals surface area contributed by atoms with E-state index < -0.39 is 40.6 Å². The number of amides is 2. The molecule has 1 N–H and O–H groups in total. The van der Waals surface area contributed by atoms with Crippen LogP contribution < -0.4 is 5.32 Å². The summed E-state index contributed by atoms with van der Waals surface area (Å²) in [5, 5.41) is 2.15. The van der Waals surface area contributed by atoms with Crippen LogP contribution in [0.15, 0.2) is 36.9 Å². The Kier molecular flexibility index (Phi) is 9.23. The number of nitrogens with one attached hydrogen (secondary N) is 1. The maximum Gasteiger partial charge on any atom is 0.263 e. The molecular formula is C18H24F2N2O4S. The van der Waals surface area contributed by atoms with E-state index in [1.165, 1.54) is 24.3 Å². The number of alkyl halides is 2. The van der Waals surface area contributed by atoms with Gasteiger partial charge in [0.2, 0.25) is 21.8 Å². The van der Waals surface area contributed by atoms with Crippen LogP contribution in [-0.4, -0.2) is 37.6 Å². The normalized spacial score (nSPS) is 11.6. The highest BCUT2D eigenvalue weighted by Crippen LogP contribution is 2.21. The van der Waals surface area contributed by atoms with Crippen molar-refractivity contribution in [2.45, 2.75) is 38.4 Å². The van der Waals surface area contributed by atoms with Crippen LogP contribution >= 0.6 is 0 Å². The van der Waals surface area contributed by atoms with Crippen molar-refractivity contribution >= 4 is 21.8 Å². The molecule has 0 aliphatic heterocycles. The van der Waals surface area contributed by atoms with Crippen LogP contribution in [0, 0.1) is 0 Å². The van der Waals surface area contributed by atoms with Gasteiger partial charge in [0.1, 0.15) is 0 Å². The van der Waals surface area contributed by atoms with E-state index in [1.54, 1.807) is 0 Å². The van der Waals surface area contributed by atoms with Gasteiger partial charge in [0, 0.05) is 18.5 Å². The standard InChI is InChI=1S/C18H24F2N2O4S/c1-3-5-9-16(23)21-17(24)12-22(10-4-2)27(25,26)13-14-7-6-8-15(11-14)18(19)20/h4,6-8,11,18H,2-3,5,9-10,12-13H2,1H3,(H,21,23,24). The lowest BCUT2D eigenvalue weighted by Gasteiger charge is -2.20. The van der Waals surface area contributed by atoms with Crippen LogP contribution in [-0.2, 0) is 25.4 Å². The monoisotopic (exact) mass is 402 g/mol. The molecule has 6 nitrogen and oxygen atoms in total. The number of sulfonamides is 1. The molecule has 0 bridgehead atoms. The predicted octanol–water partition coefficient (Wildman–Crippen LogP) is 2.78. The minimum absolute atomic E-state index is 0.145. The number of benzene rings is 1. The molecule has 0 aliphatic rings. The zero-order valence-electron chi connectivity index (χ0n) is 15.2. The lowest BCUT2D eigenvalue weighted by atomic mass is 10.1. The molecule has 0 radical (unpaired) electrons. The molecule has 2 amide bonds. The third-order valence-corrected chi connectivity index (χ3v) is 5.40. The Morgan fingerprint density at radius 2 is 2.00 bits per heavy atom. The van der Waals surface area contributed by atoms with Gasteiger partial charge in [0.25, 0.3) is 6.43 Å². The van der Waals surface area contributed by atoms with Gasteiger partial charge in [-0.1, -0.05) is 37.6 Å². The number of halogens is 2. The maximum atomic E-state index is 12.8. The smallest absolute Gasteiger partial charge is 0.263 e. The van der Waals surface area contributed by atoms with E-state index in [2.05, 4.69) is 11.9 Å². The first-order valence-corrected chi connectivity index (χ1v) is 10.1. The van der Waals surface area contributed by atoms with Gasteiger partial charge in [0.05, 0.1) is 12.3 Å². The SMILES string of the molecule is C=CCN(CC(=O)NC(=O)CCCC)S(=O)(=O)Cc1cccc(C(F)F)c1. The third kappa shape index (κ3) is 7.96. The van der Waals surface area contributed by atoms with Gasteiger partial charge in [-0.2, -0.15) is 4.31 Å². The van der Waals surface area contributed by atoms with E-state index in [0.29, 0.717) is 6.42 Å². The average molecular weight is 402 g/mol. The Balaban J connectivity index is 2.85. The summed E-state index contributed by atoms with van der Waals surface area (Å²) >= 11 is 0. The van der Waals surface area contributed by atoms with Crippen molar-refractivity contribution in [3.63, 3.8) is 0 Å². The summed E-state index contributed by atoms with van der Waals surface area (Å²) in [4.78, 5) is 23.6. The largest absolute Gasteiger partial charge is 0.295 e. The number of carbonyl (C=O) groups excluding carboxylic acids is 2. The summed E-state index contributed by atoms with van der Waals surface area (Å²) in [5.41, 5.74) is -0.0986. The molecule has 1 aromatic carbocycles. The summed E-state index contributed by atoms with van der Waals surface area (Å²) in [6, 6.07) is 5.09. The van der Waals surface area contributed by atoms with Crippen LogP contribution in [0.1, 0.15) is 43.7 Å². The Morgan fingerprint density at radius 3 is 2.59 bits per heavy atom. The number of carbonyl (C=O) groups is 2. The van der Waals surface area contributed by atoms with Crippen molar-refractivity contribution in [3.05, 3.63) is 48.0 Å². The van der Waals surface area contributed by atoms with Crippen molar-refractivity contribution in [2.24, 2.45) is 0 Å². The van der Waals surface area contributed by atoms with Gasteiger partial charge >= 0.3 is 0 Å². The fraction of sp³-hybridized carbons (Fsp3) is 0.444. The van der Waals surface area contributed by atoms with Crippen LogP contribution in [0.25, 0.3) is 0 Å². The molecule has 0 aromatic heterocycles. The highest BCUT2D eigenvalue weighted by molar-refractivity contribution is 7.88. The number of rotatable bonds is 11. The average Bonchev–Trinajstić information content (AvgIpc) is 2.59. The predicted molar refractivity (Wildman–Crippen MR) is 98.5 cm³/mol. The van der Waals surface area contributed by atoms with Gasteiger partial charge in [-0.05, 0) is 18.1 Å². The minimum atomic E-state index is -3.98. The zero-order chi connectivity index (χ0) is 20.4. The molecule has 0 fully saturated rings. The molecule has 0 atom stereocenters. The Morgan fingerprint density at radius 1 is 1.30 bits per heavy atom. The van der Waals surface area contributed by atoms with Crippen LogP contribution in [0.2, 0.25) is 0 Å². The molecule has 0 aliphatic carbocycles. The highest BCUT2D eigenvalue weighted by Gasteiger charge is 2.25. The summed E-state index contributed by atoms with van der Waals surface area (Å²) in [6.45, 7) is 4.66. The van der Waals surface area contributed by atoms with E-state index in [9.17, 15) is 26.8 Å². The zero-order valence-corrected chi connectivity index (χ0v) is 16.0. The molecule has 0 spiro atoms. The van der Waals surface area contributed by atoms with Crippen molar-refractivity contribution in [1.82, 2.24) is 9.62 Å². The summed E-state index contributed by atoms with van der Waals surface area (Å²) in [7, 11) is -3.98. The minimum Gasteiger partial charge on any atom is -0.295 e. The molecule has 1 aromatic rings. The Hall–Kier alpha value is -2.13. The first-order valence-electron chi connectivity index (χ1n) is 8.48. The lowest BCUT2D eigenvalue weighted by Crippen LogP contribution is -2.43. The molecular weight excluding hydrogens is 378 g/mol. The highest BCUT2D eigenvalue weighted by atomic mass is 32.2. The van der Waals surface area contributed by atoms with E-state index in [-0.39, 0.29) is 24.1 Å². The molecule has 0 saturated heterocycles. The maximum absolute atomic E-state index is 12.8. The van der Waals surface area contributed by atoms with Crippen molar-refractivity contribution in [2.75, 3.05) is 13.1 Å². The fourth-order valence-corrected chi connectivity index (χ4v) is 3.73. The van der Waals surface area contributed by atoms with Gasteiger partial charge in [0.15, 0.2) is 0 Å². The number of nitrogens with zero attached hydrogens (tertiary/aromatic N) is 1. The third-order valence-electron chi connectivity index (χ3n) is 3.63. The van der Waals surface area contributed by atoms with Crippen LogP contribution in [0.4, 0.5) is 8.78 Å². The Labute approximate surface area is 158 Å². The van der Waals surface area contributed by atoms with E-state index >= 15 is 0 Å². The van der Waals surface area contributed by atoms with Crippen molar-refractivity contribution in [3.8, 4) is 0 Å². The van der Waals surface area contributed by atoms with Gasteiger partial charge in [-0.25, -0.2) is 17.2 Å². The number of hydrogen-bond acceptors (Lipinski definition) is 4. The first-order chi connectivity index (χ1) is 12.7.